The zero-order valence-electron chi connectivity index (χ0n) is 10.9. The summed E-state index contributed by atoms with van der Waals surface area (Å²) >= 11 is 0. The van der Waals surface area contributed by atoms with E-state index in [-0.39, 0.29) is 0 Å². The molecule has 4 nitrogen and oxygen atoms in total. The average molecular weight is 246 g/mol. The number of anilines is 1. The molecule has 0 saturated heterocycles. The third kappa shape index (κ3) is 6.58. The standard InChI is InChI=1S/C14H22N4/c1-12(2)11-18-14(15)17-10-6-9-16-13-7-4-3-5-8-13/h3-5,7-8,16H,1,6,9-11H2,2H3,(H3,15,17,18). The predicted molar refractivity (Wildman–Crippen MR) is 78.9 cm³/mol. The maximum absolute atomic E-state index is 5.69. The van der Waals surface area contributed by atoms with Crippen LogP contribution in [0.15, 0.2) is 47.5 Å². The van der Waals surface area contributed by atoms with E-state index in [9.17, 15) is 0 Å². The van der Waals surface area contributed by atoms with Gasteiger partial charge >= 0.3 is 0 Å². The fourth-order valence-electron chi connectivity index (χ4n) is 1.37. The van der Waals surface area contributed by atoms with Gasteiger partial charge in [0.25, 0.3) is 0 Å². The lowest BCUT2D eigenvalue weighted by Gasteiger charge is -2.07. The van der Waals surface area contributed by atoms with Crippen LogP contribution < -0.4 is 16.4 Å². The molecule has 4 heteroatoms. The van der Waals surface area contributed by atoms with Gasteiger partial charge < -0.3 is 16.4 Å². The molecule has 0 bridgehead atoms. The number of nitrogens with two attached hydrogens (primary N) is 1. The number of guanidine groups is 1. The molecule has 98 valence electrons. The Labute approximate surface area is 109 Å². The zero-order valence-corrected chi connectivity index (χ0v) is 10.9. The van der Waals surface area contributed by atoms with Crippen molar-refractivity contribution in [3.05, 3.63) is 42.5 Å². The van der Waals surface area contributed by atoms with Gasteiger partial charge in [0.1, 0.15) is 0 Å². The van der Waals surface area contributed by atoms with E-state index in [1.165, 1.54) is 0 Å². The Balaban J connectivity index is 2.08. The van der Waals surface area contributed by atoms with Gasteiger partial charge in [0.2, 0.25) is 0 Å². The second-order valence-electron chi connectivity index (χ2n) is 4.23. The van der Waals surface area contributed by atoms with Crippen LogP contribution in [0.3, 0.4) is 0 Å². The molecule has 0 amide bonds. The predicted octanol–water partition coefficient (Wildman–Crippen LogP) is 1.97. The van der Waals surface area contributed by atoms with Crippen molar-refractivity contribution >= 4 is 11.6 Å². The van der Waals surface area contributed by atoms with Crippen molar-refractivity contribution in [2.45, 2.75) is 13.3 Å². The van der Waals surface area contributed by atoms with Crippen molar-refractivity contribution < 1.29 is 0 Å². The third-order valence-corrected chi connectivity index (χ3v) is 2.28. The Bertz CT molecular complexity index is 384. The number of hydrogen-bond donors (Lipinski definition) is 3. The molecule has 1 rings (SSSR count). The summed E-state index contributed by atoms with van der Waals surface area (Å²) in [5.41, 5.74) is 7.84. The monoisotopic (exact) mass is 246 g/mol. The van der Waals surface area contributed by atoms with Crippen molar-refractivity contribution in [1.29, 1.82) is 0 Å². The fourth-order valence-corrected chi connectivity index (χ4v) is 1.37. The highest BCUT2D eigenvalue weighted by Crippen LogP contribution is 2.03. The summed E-state index contributed by atoms with van der Waals surface area (Å²) < 4.78 is 0. The van der Waals surface area contributed by atoms with Crippen LogP contribution in [-0.4, -0.2) is 25.6 Å². The van der Waals surface area contributed by atoms with Gasteiger partial charge in [-0.15, -0.1) is 0 Å². The highest BCUT2D eigenvalue weighted by Gasteiger charge is 1.92. The Morgan fingerprint density at radius 1 is 1.28 bits per heavy atom. The van der Waals surface area contributed by atoms with Gasteiger partial charge in [0, 0.05) is 18.8 Å². The van der Waals surface area contributed by atoms with Crippen LogP contribution in [0, 0.1) is 0 Å². The van der Waals surface area contributed by atoms with Crippen LogP contribution in [0.1, 0.15) is 13.3 Å². The number of nitrogens with one attached hydrogen (secondary N) is 2. The Morgan fingerprint density at radius 3 is 2.67 bits per heavy atom. The van der Waals surface area contributed by atoms with Crippen molar-refractivity contribution in [3.8, 4) is 0 Å². The minimum Gasteiger partial charge on any atom is -0.385 e. The molecule has 1 aromatic rings. The summed E-state index contributed by atoms with van der Waals surface area (Å²) in [7, 11) is 0. The molecule has 0 heterocycles. The molecule has 0 spiro atoms. The van der Waals surface area contributed by atoms with E-state index in [4.69, 9.17) is 5.73 Å². The second-order valence-corrected chi connectivity index (χ2v) is 4.23. The molecule has 0 aliphatic carbocycles. The number of nitrogens with zero attached hydrogens (tertiary/aromatic N) is 1. The molecular formula is C14H22N4. The Kier molecular flexibility index (Phi) is 6.40. The topological polar surface area (TPSA) is 62.4 Å². The number of aliphatic imine (C=N–C) groups is 1. The van der Waals surface area contributed by atoms with E-state index in [1.807, 2.05) is 25.1 Å². The van der Waals surface area contributed by atoms with E-state index >= 15 is 0 Å². The minimum atomic E-state index is 0.484. The second kappa shape index (κ2) is 8.17. The summed E-state index contributed by atoms with van der Waals surface area (Å²) in [6.45, 7) is 8.00. The molecule has 0 aromatic heterocycles. The van der Waals surface area contributed by atoms with Crippen LogP contribution in [0.5, 0.6) is 0 Å². The zero-order chi connectivity index (χ0) is 13.2. The summed E-state index contributed by atoms with van der Waals surface area (Å²) in [4.78, 5) is 4.14. The lowest BCUT2D eigenvalue weighted by atomic mass is 10.3. The molecule has 0 atom stereocenters. The van der Waals surface area contributed by atoms with Crippen LogP contribution in [-0.2, 0) is 0 Å². The van der Waals surface area contributed by atoms with Gasteiger partial charge in [-0.05, 0) is 25.5 Å². The number of rotatable bonds is 7. The summed E-state index contributed by atoms with van der Waals surface area (Å²) in [5, 5.41) is 6.40. The van der Waals surface area contributed by atoms with E-state index in [0.717, 1.165) is 30.8 Å². The van der Waals surface area contributed by atoms with Gasteiger partial charge in [-0.1, -0.05) is 30.4 Å². The largest absolute Gasteiger partial charge is 0.385 e. The lowest BCUT2D eigenvalue weighted by Crippen LogP contribution is -2.33. The highest BCUT2D eigenvalue weighted by molar-refractivity contribution is 5.77. The first-order chi connectivity index (χ1) is 8.68. The third-order valence-electron chi connectivity index (χ3n) is 2.28. The Morgan fingerprint density at radius 2 is 2.00 bits per heavy atom. The van der Waals surface area contributed by atoms with Crippen molar-refractivity contribution in [3.63, 3.8) is 0 Å². The minimum absolute atomic E-state index is 0.484. The smallest absolute Gasteiger partial charge is 0.188 e. The van der Waals surface area contributed by atoms with E-state index in [1.54, 1.807) is 0 Å². The first kappa shape index (κ1) is 14.1. The van der Waals surface area contributed by atoms with Crippen LogP contribution in [0.2, 0.25) is 0 Å². The SMILES string of the molecule is C=C(C)CN=C(N)NCCCNc1ccccc1. The lowest BCUT2D eigenvalue weighted by molar-refractivity contribution is 0.796. The maximum atomic E-state index is 5.69. The van der Waals surface area contributed by atoms with Crippen molar-refractivity contribution in [2.75, 3.05) is 25.0 Å². The van der Waals surface area contributed by atoms with Gasteiger partial charge in [-0.2, -0.15) is 0 Å². The first-order valence-corrected chi connectivity index (χ1v) is 6.15. The van der Waals surface area contributed by atoms with Crippen molar-refractivity contribution in [1.82, 2.24) is 5.32 Å². The summed E-state index contributed by atoms with van der Waals surface area (Å²) in [5.74, 6) is 0.484. The molecule has 0 saturated carbocycles. The summed E-state index contributed by atoms with van der Waals surface area (Å²) in [6.07, 6.45) is 0.984. The molecule has 0 aliphatic rings. The number of benzene rings is 1. The molecule has 0 unspecified atom stereocenters. The number of hydrogen-bond acceptors (Lipinski definition) is 2. The molecule has 4 N–H and O–H groups in total. The van der Waals surface area contributed by atoms with E-state index in [0.29, 0.717) is 12.5 Å². The van der Waals surface area contributed by atoms with Gasteiger partial charge in [-0.3, -0.25) is 0 Å². The molecule has 1 aromatic carbocycles. The molecule has 18 heavy (non-hydrogen) atoms. The normalized spacial score (nSPS) is 11.1. The molecular weight excluding hydrogens is 224 g/mol. The van der Waals surface area contributed by atoms with Crippen LogP contribution >= 0.6 is 0 Å². The fraction of sp³-hybridized carbons (Fsp3) is 0.357. The van der Waals surface area contributed by atoms with Gasteiger partial charge in [0.05, 0.1) is 6.54 Å². The molecule has 0 fully saturated rings. The van der Waals surface area contributed by atoms with E-state index < -0.39 is 0 Å². The quantitative estimate of drug-likeness (QED) is 0.298. The molecule has 0 radical (unpaired) electrons. The average Bonchev–Trinajstić information content (AvgIpc) is 2.37. The van der Waals surface area contributed by atoms with Crippen LogP contribution in [0.25, 0.3) is 0 Å². The van der Waals surface area contributed by atoms with Gasteiger partial charge in [-0.25, -0.2) is 4.99 Å². The molecule has 0 aliphatic heterocycles. The van der Waals surface area contributed by atoms with Gasteiger partial charge in [0.15, 0.2) is 5.96 Å². The Hall–Kier alpha value is -1.97. The number of para-hydroxylation sites is 1. The van der Waals surface area contributed by atoms with Crippen molar-refractivity contribution in [2.24, 2.45) is 10.7 Å². The maximum Gasteiger partial charge on any atom is 0.188 e. The summed E-state index contributed by atoms with van der Waals surface area (Å²) in [6, 6.07) is 10.1. The first-order valence-electron chi connectivity index (χ1n) is 6.15. The van der Waals surface area contributed by atoms with E-state index in [2.05, 4.69) is 34.3 Å². The van der Waals surface area contributed by atoms with Crippen LogP contribution in [0.4, 0.5) is 5.69 Å². The highest BCUT2D eigenvalue weighted by atomic mass is 15.1.